The number of nitrogens with one attached hydrogen (secondary N) is 2. The number of nitrogens with zero attached hydrogens (tertiary/aromatic N) is 1. The minimum Gasteiger partial charge on any atom is -0.386 e. The molecule has 1 aromatic heterocycles. The van der Waals surface area contributed by atoms with Crippen molar-refractivity contribution in [1.82, 2.24) is 10.6 Å². The van der Waals surface area contributed by atoms with Gasteiger partial charge in [-0.15, -0.1) is 35.3 Å². The molecular weight excluding hydrogens is 409 g/mol. The van der Waals surface area contributed by atoms with Gasteiger partial charge in [0.1, 0.15) is 6.10 Å². The number of aliphatic imine (C=N–C) groups is 1. The van der Waals surface area contributed by atoms with Gasteiger partial charge in [0.2, 0.25) is 0 Å². The zero-order valence-corrected chi connectivity index (χ0v) is 15.5. The summed E-state index contributed by atoms with van der Waals surface area (Å²) in [7, 11) is 0. The van der Waals surface area contributed by atoms with Crippen molar-refractivity contribution in [3.05, 3.63) is 21.3 Å². The molecule has 3 unspecified atom stereocenters. The summed E-state index contributed by atoms with van der Waals surface area (Å²) in [5, 5.41) is 16.6. The lowest BCUT2D eigenvalue weighted by atomic mass is 10.3. The van der Waals surface area contributed by atoms with Crippen molar-refractivity contribution in [2.45, 2.75) is 32.4 Å². The van der Waals surface area contributed by atoms with Crippen LogP contribution < -0.4 is 10.6 Å². The molecule has 0 aromatic carbocycles. The van der Waals surface area contributed by atoms with Crippen LogP contribution in [0, 0.1) is 5.92 Å². The third-order valence-electron chi connectivity index (χ3n) is 3.12. The summed E-state index contributed by atoms with van der Waals surface area (Å²) < 4.78 is 0.690. The molecule has 1 aliphatic carbocycles. The van der Waals surface area contributed by atoms with Crippen LogP contribution in [0.3, 0.4) is 0 Å². The molecule has 1 aliphatic rings. The van der Waals surface area contributed by atoms with Crippen LogP contribution >= 0.6 is 46.9 Å². The Hall–Kier alpha value is -0.0500. The molecule has 2 rings (SSSR count). The van der Waals surface area contributed by atoms with Gasteiger partial charge in [-0.3, -0.25) is 4.99 Å². The summed E-state index contributed by atoms with van der Waals surface area (Å²) in [4.78, 5) is 5.27. The number of aliphatic hydroxyl groups excluding tert-OH is 1. The minimum atomic E-state index is -0.593. The normalized spacial score (nSPS) is 22.9. The smallest absolute Gasteiger partial charge is 0.191 e. The molecule has 7 heteroatoms. The molecule has 0 saturated heterocycles. The Kier molecular flexibility index (Phi) is 7.57. The molecule has 1 aromatic rings. The molecule has 1 heterocycles. The molecule has 0 amide bonds. The molecule has 0 radical (unpaired) electrons. The average molecular weight is 430 g/mol. The van der Waals surface area contributed by atoms with Gasteiger partial charge >= 0.3 is 0 Å². The van der Waals surface area contributed by atoms with E-state index >= 15 is 0 Å². The van der Waals surface area contributed by atoms with E-state index < -0.39 is 6.10 Å². The van der Waals surface area contributed by atoms with E-state index in [0.29, 0.717) is 22.8 Å². The molecule has 20 heavy (non-hydrogen) atoms. The predicted molar refractivity (Wildman–Crippen MR) is 96.4 cm³/mol. The number of aliphatic hydroxyl groups is 1. The first-order valence-corrected chi connectivity index (χ1v) is 7.77. The standard InChI is InChI=1S/C13H20ClN3OS.HI/c1-3-15-13(17-9-6-8(9)2)16-7-10(18)11-4-5-12(14)19-11;/h4-5,8-10,18H,3,6-7H2,1-2H3,(H2,15,16,17);1H. The Morgan fingerprint density at radius 3 is 2.80 bits per heavy atom. The molecule has 3 N–H and O–H groups in total. The summed E-state index contributed by atoms with van der Waals surface area (Å²) >= 11 is 7.25. The highest BCUT2D eigenvalue weighted by atomic mass is 127. The van der Waals surface area contributed by atoms with Crippen LogP contribution in [0.15, 0.2) is 17.1 Å². The van der Waals surface area contributed by atoms with Crippen LogP contribution in [0.5, 0.6) is 0 Å². The molecule has 3 atom stereocenters. The predicted octanol–water partition coefficient (Wildman–Crippen LogP) is 3.02. The summed E-state index contributed by atoms with van der Waals surface area (Å²) in [5.74, 6) is 1.49. The van der Waals surface area contributed by atoms with E-state index in [2.05, 4.69) is 22.5 Å². The van der Waals surface area contributed by atoms with E-state index in [0.717, 1.165) is 17.4 Å². The zero-order valence-electron chi connectivity index (χ0n) is 11.6. The fraction of sp³-hybridized carbons (Fsp3) is 0.615. The number of hydrogen-bond acceptors (Lipinski definition) is 3. The second-order valence-corrected chi connectivity index (χ2v) is 6.59. The van der Waals surface area contributed by atoms with Crippen molar-refractivity contribution >= 4 is 52.9 Å². The third kappa shape index (κ3) is 5.38. The highest BCUT2D eigenvalue weighted by molar-refractivity contribution is 14.0. The van der Waals surface area contributed by atoms with Gasteiger partial charge in [0.15, 0.2) is 5.96 Å². The van der Waals surface area contributed by atoms with Crippen molar-refractivity contribution < 1.29 is 5.11 Å². The Labute approximate surface area is 146 Å². The van der Waals surface area contributed by atoms with Crippen LogP contribution in [0.25, 0.3) is 0 Å². The summed E-state index contributed by atoms with van der Waals surface area (Å²) in [6, 6.07) is 4.16. The van der Waals surface area contributed by atoms with Crippen molar-refractivity contribution in [3.8, 4) is 0 Å². The van der Waals surface area contributed by atoms with Crippen molar-refractivity contribution in [1.29, 1.82) is 0 Å². The number of hydrogen-bond donors (Lipinski definition) is 3. The van der Waals surface area contributed by atoms with Gasteiger partial charge in [-0.25, -0.2) is 0 Å². The number of guanidine groups is 1. The van der Waals surface area contributed by atoms with Gasteiger partial charge in [0.05, 0.1) is 10.9 Å². The number of thiophene rings is 1. The lowest BCUT2D eigenvalue weighted by Gasteiger charge is -2.12. The summed E-state index contributed by atoms with van der Waals surface area (Å²) in [6.45, 7) is 5.40. The fourth-order valence-electron chi connectivity index (χ4n) is 1.79. The zero-order chi connectivity index (χ0) is 13.8. The van der Waals surface area contributed by atoms with E-state index in [-0.39, 0.29) is 24.0 Å². The van der Waals surface area contributed by atoms with Crippen LogP contribution in [-0.2, 0) is 0 Å². The molecule has 1 fully saturated rings. The fourth-order valence-corrected chi connectivity index (χ4v) is 2.83. The van der Waals surface area contributed by atoms with Crippen LogP contribution in [0.1, 0.15) is 31.2 Å². The highest BCUT2D eigenvalue weighted by Gasteiger charge is 2.33. The first kappa shape index (κ1) is 18.0. The van der Waals surface area contributed by atoms with E-state index in [1.54, 1.807) is 6.07 Å². The maximum Gasteiger partial charge on any atom is 0.191 e. The van der Waals surface area contributed by atoms with E-state index in [9.17, 15) is 5.11 Å². The number of rotatable bonds is 5. The Bertz CT molecular complexity index is 455. The van der Waals surface area contributed by atoms with Gasteiger partial charge in [-0.05, 0) is 31.4 Å². The monoisotopic (exact) mass is 429 g/mol. The van der Waals surface area contributed by atoms with Crippen molar-refractivity contribution in [2.75, 3.05) is 13.1 Å². The average Bonchev–Trinajstić information content (AvgIpc) is 2.88. The van der Waals surface area contributed by atoms with E-state index in [4.69, 9.17) is 11.6 Å². The van der Waals surface area contributed by atoms with Crippen LogP contribution in [-0.4, -0.2) is 30.2 Å². The second-order valence-electron chi connectivity index (χ2n) is 4.84. The molecule has 0 aliphatic heterocycles. The van der Waals surface area contributed by atoms with Crippen molar-refractivity contribution in [2.24, 2.45) is 10.9 Å². The molecule has 114 valence electrons. The Balaban J connectivity index is 0.00000200. The van der Waals surface area contributed by atoms with Crippen LogP contribution in [0.4, 0.5) is 0 Å². The first-order valence-electron chi connectivity index (χ1n) is 6.58. The largest absolute Gasteiger partial charge is 0.386 e. The quantitative estimate of drug-likeness (QED) is 0.383. The lowest BCUT2D eigenvalue weighted by Crippen LogP contribution is -2.39. The maximum atomic E-state index is 10.0. The third-order valence-corrected chi connectivity index (χ3v) is 4.45. The molecule has 0 bridgehead atoms. The topological polar surface area (TPSA) is 56.7 Å². The van der Waals surface area contributed by atoms with Crippen LogP contribution in [0.2, 0.25) is 4.34 Å². The Morgan fingerprint density at radius 2 is 2.30 bits per heavy atom. The Morgan fingerprint density at radius 1 is 1.60 bits per heavy atom. The highest BCUT2D eigenvalue weighted by Crippen LogP contribution is 2.29. The molecule has 4 nitrogen and oxygen atoms in total. The summed E-state index contributed by atoms with van der Waals surface area (Å²) in [5.41, 5.74) is 0. The molecular formula is C13H21ClIN3OS. The first-order chi connectivity index (χ1) is 9.10. The van der Waals surface area contributed by atoms with Gasteiger partial charge in [0.25, 0.3) is 0 Å². The van der Waals surface area contributed by atoms with Gasteiger partial charge < -0.3 is 15.7 Å². The second kappa shape index (κ2) is 8.41. The van der Waals surface area contributed by atoms with E-state index in [1.807, 2.05) is 13.0 Å². The van der Waals surface area contributed by atoms with Gasteiger partial charge in [-0.1, -0.05) is 18.5 Å². The molecule has 1 saturated carbocycles. The maximum absolute atomic E-state index is 10.0. The minimum absolute atomic E-state index is 0. The number of halogens is 2. The molecule has 0 spiro atoms. The lowest BCUT2D eigenvalue weighted by molar-refractivity contribution is 0.191. The van der Waals surface area contributed by atoms with Crippen molar-refractivity contribution in [3.63, 3.8) is 0 Å². The summed E-state index contributed by atoms with van der Waals surface area (Å²) in [6.07, 6.45) is 0.595. The SMILES string of the molecule is CCNC(=NCC(O)c1ccc(Cl)s1)NC1CC1C.I. The van der Waals surface area contributed by atoms with Gasteiger partial charge in [-0.2, -0.15) is 0 Å². The van der Waals surface area contributed by atoms with E-state index in [1.165, 1.54) is 17.8 Å². The van der Waals surface area contributed by atoms with Gasteiger partial charge in [0, 0.05) is 17.5 Å².